The van der Waals surface area contributed by atoms with Crippen molar-refractivity contribution in [2.24, 2.45) is 11.8 Å². The van der Waals surface area contributed by atoms with Gasteiger partial charge in [0.25, 0.3) is 5.91 Å². The maximum Gasteiger partial charge on any atom is 0.339 e. The Balaban J connectivity index is 1.62. The van der Waals surface area contributed by atoms with Gasteiger partial charge in [0.15, 0.2) is 0 Å². The molecule has 3 atom stereocenters. The summed E-state index contributed by atoms with van der Waals surface area (Å²) in [7, 11) is 1.32. The molecule has 134 valence electrons. The quantitative estimate of drug-likeness (QED) is 0.855. The van der Waals surface area contributed by atoms with Gasteiger partial charge in [-0.3, -0.25) is 9.78 Å². The molecule has 1 amide bonds. The molecule has 1 aromatic heterocycles. The van der Waals surface area contributed by atoms with Crippen molar-refractivity contribution in [3.8, 4) is 0 Å². The first-order chi connectivity index (χ1) is 12.7. The van der Waals surface area contributed by atoms with Crippen LogP contribution in [0.5, 0.6) is 0 Å². The number of carbonyl (C=O) groups excluding carboxylic acids is 2. The lowest BCUT2D eigenvalue weighted by Crippen LogP contribution is -2.35. The summed E-state index contributed by atoms with van der Waals surface area (Å²) in [6.45, 7) is 2.58. The Morgan fingerprint density at radius 1 is 1.15 bits per heavy atom. The number of benzene rings is 1. The van der Waals surface area contributed by atoms with Gasteiger partial charge in [-0.1, -0.05) is 30.3 Å². The number of nitrogens with one attached hydrogen (secondary N) is 1. The summed E-state index contributed by atoms with van der Waals surface area (Å²) in [6.07, 6.45) is 1.40. The minimum absolute atomic E-state index is 0.0470. The van der Waals surface area contributed by atoms with Crippen LogP contribution in [-0.4, -0.2) is 48.5 Å². The van der Waals surface area contributed by atoms with Crippen LogP contribution in [-0.2, 0) is 4.74 Å². The average molecular weight is 351 g/mol. The third-order valence-electron chi connectivity index (χ3n) is 5.37. The SMILES string of the molecule is COC(=O)c1ccc(C(=O)N2C[C@@H]3CNC[C@@H]3[C@@H]2c2ccccc2)nc1. The fourth-order valence-corrected chi connectivity index (χ4v) is 4.11. The predicted molar refractivity (Wildman–Crippen MR) is 95.6 cm³/mol. The molecule has 0 radical (unpaired) electrons. The summed E-state index contributed by atoms with van der Waals surface area (Å²) in [4.78, 5) is 30.8. The van der Waals surface area contributed by atoms with Gasteiger partial charge in [-0.05, 0) is 23.6 Å². The number of rotatable bonds is 3. The van der Waals surface area contributed by atoms with E-state index in [4.69, 9.17) is 0 Å². The predicted octanol–water partition coefficient (Wildman–Crippen LogP) is 1.90. The molecular formula is C20H21N3O3. The van der Waals surface area contributed by atoms with Crippen LogP contribution in [0.2, 0.25) is 0 Å². The Hall–Kier alpha value is -2.73. The number of ether oxygens (including phenoxy) is 1. The molecule has 2 fully saturated rings. The number of amides is 1. The Bertz CT molecular complexity index is 807. The zero-order valence-electron chi connectivity index (χ0n) is 14.6. The van der Waals surface area contributed by atoms with Gasteiger partial charge in [-0.2, -0.15) is 0 Å². The second-order valence-electron chi connectivity index (χ2n) is 6.82. The van der Waals surface area contributed by atoms with E-state index < -0.39 is 5.97 Å². The number of hydrogen-bond donors (Lipinski definition) is 1. The number of aromatic nitrogens is 1. The highest BCUT2D eigenvalue weighted by Gasteiger charge is 2.47. The third kappa shape index (κ3) is 2.86. The molecule has 0 spiro atoms. The zero-order valence-corrected chi connectivity index (χ0v) is 14.6. The topological polar surface area (TPSA) is 71.5 Å². The van der Waals surface area contributed by atoms with Crippen LogP contribution in [0.3, 0.4) is 0 Å². The number of carbonyl (C=O) groups is 2. The van der Waals surface area contributed by atoms with E-state index in [1.54, 1.807) is 12.1 Å². The van der Waals surface area contributed by atoms with E-state index in [1.165, 1.54) is 13.3 Å². The highest BCUT2D eigenvalue weighted by atomic mass is 16.5. The lowest BCUT2D eigenvalue weighted by atomic mass is 9.89. The molecular weight excluding hydrogens is 330 g/mol. The summed E-state index contributed by atoms with van der Waals surface area (Å²) in [5.74, 6) is 0.319. The molecule has 1 aromatic carbocycles. The summed E-state index contributed by atoms with van der Waals surface area (Å²) in [5, 5.41) is 3.44. The maximum absolute atomic E-state index is 13.1. The van der Waals surface area contributed by atoms with Gasteiger partial charge in [-0.25, -0.2) is 4.79 Å². The molecule has 6 nitrogen and oxygen atoms in total. The van der Waals surface area contributed by atoms with Crippen LogP contribution in [0.4, 0.5) is 0 Å². The third-order valence-corrected chi connectivity index (χ3v) is 5.37. The number of fused-ring (bicyclic) bond motifs is 1. The molecule has 6 heteroatoms. The van der Waals surface area contributed by atoms with Crippen LogP contribution >= 0.6 is 0 Å². The van der Waals surface area contributed by atoms with Gasteiger partial charge in [0.1, 0.15) is 5.69 Å². The van der Waals surface area contributed by atoms with Gasteiger partial charge < -0.3 is 15.0 Å². The van der Waals surface area contributed by atoms with E-state index in [9.17, 15) is 9.59 Å². The number of pyridine rings is 1. The maximum atomic E-state index is 13.1. The molecule has 1 N–H and O–H groups in total. The van der Waals surface area contributed by atoms with Crippen LogP contribution in [0.15, 0.2) is 48.7 Å². The molecule has 0 saturated carbocycles. The van der Waals surface area contributed by atoms with Crippen molar-refractivity contribution >= 4 is 11.9 Å². The number of nitrogens with zero attached hydrogens (tertiary/aromatic N) is 2. The molecule has 2 aliphatic heterocycles. The minimum Gasteiger partial charge on any atom is -0.465 e. The monoisotopic (exact) mass is 351 g/mol. The molecule has 2 aliphatic rings. The van der Waals surface area contributed by atoms with Crippen molar-refractivity contribution in [1.29, 1.82) is 0 Å². The number of methoxy groups -OCH3 is 1. The Morgan fingerprint density at radius 2 is 1.96 bits per heavy atom. The molecule has 0 aliphatic carbocycles. The van der Waals surface area contributed by atoms with E-state index in [-0.39, 0.29) is 11.9 Å². The van der Waals surface area contributed by atoms with Crippen LogP contribution in [0, 0.1) is 11.8 Å². The lowest BCUT2D eigenvalue weighted by Gasteiger charge is -2.28. The van der Waals surface area contributed by atoms with Crippen LogP contribution < -0.4 is 5.32 Å². The van der Waals surface area contributed by atoms with Gasteiger partial charge in [-0.15, -0.1) is 0 Å². The molecule has 3 heterocycles. The second kappa shape index (κ2) is 6.88. The highest BCUT2D eigenvalue weighted by molar-refractivity contribution is 5.94. The van der Waals surface area contributed by atoms with Crippen LogP contribution in [0.1, 0.15) is 32.5 Å². The normalized spacial score (nSPS) is 24.3. The van der Waals surface area contributed by atoms with Gasteiger partial charge in [0.2, 0.25) is 0 Å². The van der Waals surface area contributed by atoms with E-state index >= 15 is 0 Å². The van der Waals surface area contributed by atoms with Crippen molar-refractivity contribution < 1.29 is 14.3 Å². The molecule has 2 saturated heterocycles. The molecule has 2 aromatic rings. The Labute approximate surface area is 152 Å². The van der Waals surface area contributed by atoms with E-state index in [0.717, 1.165) is 25.2 Å². The molecule has 0 unspecified atom stereocenters. The summed E-state index contributed by atoms with van der Waals surface area (Å²) in [6, 6.07) is 13.4. The van der Waals surface area contributed by atoms with E-state index in [1.807, 2.05) is 23.1 Å². The first kappa shape index (κ1) is 16.7. The largest absolute Gasteiger partial charge is 0.465 e. The molecule has 0 bridgehead atoms. The fraction of sp³-hybridized carbons (Fsp3) is 0.350. The van der Waals surface area contributed by atoms with Gasteiger partial charge in [0, 0.05) is 31.7 Å². The van der Waals surface area contributed by atoms with Crippen molar-refractivity contribution in [1.82, 2.24) is 15.2 Å². The molecule has 4 rings (SSSR count). The van der Waals surface area contributed by atoms with Gasteiger partial charge >= 0.3 is 5.97 Å². The zero-order chi connectivity index (χ0) is 18.1. The minimum atomic E-state index is -0.458. The number of hydrogen-bond acceptors (Lipinski definition) is 5. The summed E-state index contributed by atoms with van der Waals surface area (Å²) < 4.78 is 4.68. The lowest BCUT2D eigenvalue weighted by molar-refractivity contribution is 0.0598. The Kier molecular flexibility index (Phi) is 4.42. The smallest absolute Gasteiger partial charge is 0.339 e. The number of likely N-dealkylation sites (tertiary alicyclic amines) is 1. The summed E-state index contributed by atoms with van der Waals surface area (Å²) >= 11 is 0. The van der Waals surface area contributed by atoms with E-state index in [2.05, 4.69) is 27.2 Å². The van der Waals surface area contributed by atoms with Gasteiger partial charge in [0.05, 0.1) is 18.7 Å². The van der Waals surface area contributed by atoms with Crippen molar-refractivity contribution in [3.05, 3.63) is 65.5 Å². The first-order valence-electron chi connectivity index (χ1n) is 8.80. The molecule has 26 heavy (non-hydrogen) atoms. The van der Waals surface area contributed by atoms with E-state index in [0.29, 0.717) is 23.1 Å². The second-order valence-corrected chi connectivity index (χ2v) is 6.82. The Morgan fingerprint density at radius 3 is 2.65 bits per heavy atom. The van der Waals surface area contributed by atoms with Crippen molar-refractivity contribution in [2.45, 2.75) is 6.04 Å². The van der Waals surface area contributed by atoms with Crippen molar-refractivity contribution in [3.63, 3.8) is 0 Å². The standard InChI is InChI=1S/C20H21N3O3/c1-26-20(25)14-7-8-17(22-10-14)19(24)23-12-15-9-21-11-16(15)18(23)13-5-3-2-4-6-13/h2-8,10,15-16,18,21H,9,11-12H2,1H3/t15-,16-,18-/m0/s1. The highest BCUT2D eigenvalue weighted by Crippen LogP contribution is 2.43. The fourth-order valence-electron chi connectivity index (χ4n) is 4.11. The summed E-state index contributed by atoms with van der Waals surface area (Å²) in [5.41, 5.74) is 1.85. The van der Waals surface area contributed by atoms with Crippen LogP contribution in [0.25, 0.3) is 0 Å². The first-order valence-corrected chi connectivity index (χ1v) is 8.80. The van der Waals surface area contributed by atoms with Crippen molar-refractivity contribution in [2.75, 3.05) is 26.7 Å². The average Bonchev–Trinajstić information content (AvgIpc) is 3.28. The number of esters is 1.